The second-order valence-electron chi connectivity index (χ2n) is 5.78. The molecule has 0 fully saturated rings. The van der Waals surface area contributed by atoms with Crippen molar-refractivity contribution in [3.05, 3.63) is 47.6 Å². The van der Waals surface area contributed by atoms with Crippen LogP contribution in [0.4, 0.5) is 16.2 Å². The van der Waals surface area contributed by atoms with E-state index in [-0.39, 0.29) is 18.2 Å². The average molecular weight is 340 g/mol. The third-order valence-corrected chi connectivity index (χ3v) is 4.03. The standard InChI is InChI=1S/C17H17FN6O/c1-10-21-14-15(19)22-17-20-6-2-3-7-25-13-8-11(4-5-12(13)18)9-24(10)16(14)23-17/h2-5,8H,6-7,9H2,1H3,(H3,19,20,22,23)/b3-2+. The molecule has 0 unspecified atom stereocenters. The van der Waals surface area contributed by atoms with E-state index in [1.54, 1.807) is 18.2 Å². The van der Waals surface area contributed by atoms with Gasteiger partial charge in [-0.2, -0.15) is 9.97 Å². The molecule has 0 saturated heterocycles. The number of nitrogens with one attached hydrogen (secondary N) is 1. The average Bonchev–Trinajstić information content (AvgIpc) is 2.90. The van der Waals surface area contributed by atoms with E-state index in [9.17, 15) is 4.39 Å². The van der Waals surface area contributed by atoms with Crippen molar-refractivity contribution < 1.29 is 9.13 Å². The molecule has 0 aliphatic carbocycles. The van der Waals surface area contributed by atoms with Crippen LogP contribution in [0.15, 0.2) is 30.4 Å². The Bertz CT molecular complexity index is 981. The predicted octanol–water partition coefficient (Wildman–Crippen LogP) is 2.26. The number of ether oxygens (including phenoxy) is 1. The number of benzene rings is 1. The number of nitrogens with two attached hydrogens (primary N) is 1. The van der Waals surface area contributed by atoms with Gasteiger partial charge in [-0.25, -0.2) is 9.37 Å². The topological polar surface area (TPSA) is 90.9 Å². The Labute approximate surface area is 143 Å². The highest BCUT2D eigenvalue weighted by Gasteiger charge is 2.15. The van der Waals surface area contributed by atoms with Gasteiger partial charge < -0.3 is 20.4 Å². The first-order valence-electron chi connectivity index (χ1n) is 7.92. The number of halogens is 1. The molecular formula is C17H17FN6O. The predicted molar refractivity (Wildman–Crippen MR) is 93.1 cm³/mol. The third kappa shape index (κ3) is 2.86. The Balaban J connectivity index is 1.88. The highest BCUT2D eigenvalue weighted by Crippen LogP contribution is 2.24. The number of hydrogen-bond donors (Lipinski definition) is 2. The van der Waals surface area contributed by atoms with Crippen molar-refractivity contribution in [3.63, 3.8) is 0 Å². The number of anilines is 2. The van der Waals surface area contributed by atoms with E-state index in [4.69, 9.17) is 10.5 Å². The molecule has 1 aliphatic rings. The van der Waals surface area contributed by atoms with Gasteiger partial charge in [0.05, 0.1) is 6.54 Å². The summed E-state index contributed by atoms with van der Waals surface area (Å²) in [4.78, 5) is 13.3. The van der Waals surface area contributed by atoms with Gasteiger partial charge in [-0.3, -0.25) is 0 Å². The number of rotatable bonds is 0. The molecule has 2 aromatic heterocycles. The number of hydrogen-bond acceptors (Lipinski definition) is 6. The minimum atomic E-state index is -0.386. The first kappa shape index (κ1) is 15.4. The molecule has 0 spiro atoms. The van der Waals surface area contributed by atoms with Crippen molar-refractivity contribution in [1.29, 1.82) is 0 Å². The van der Waals surface area contributed by atoms with Gasteiger partial charge in [-0.1, -0.05) is 12.1 Å². The maximum atomic E-state index is 13.9. The Hall–Kier alpha value is -3.16. The molecule has 1 aliphatic heterocycles. The number of nitrogen functional groups attached to an aromatic ring is 1. The summed E-state index contributed by atoms with van der Waals surface area (Å²) in [6.45, 7) is 3.13. The summed E-state index contributed by atoms with van der Waals surface area (Å²) in [5.41, 5.74) is 8.12. The van der Waals surface area contributed by atoms with Gasteiger partial charge in [0.15, 0.2) is 28.5 Å². The minimum Gasteiger partial charge on any atom is -0.486 e. The maximum Gasteiger partial charge on any atom is 0.227 e. The maximum absolute atomic E-state index is 13.9. The number of fused-ring (bicyclic) bond motifs is 3. The zero-order chi connectivity index (χ0) is 17.4. The summed E-state index contributed by atoms with van der Waals surface area (Å²) >= 11 is 0. The lowest BCUT2D eigenvalue weighted by Gasteiger charge is -2.11. The lowest BCUT2D eigenvalue weighted by atomic mass is 10.2. The summed E-state index contributed by atoms with van der Waals surface area (Å²) in [6.07, 6.45) is 3.67. The van der Waals surface area contributed by atoms with Crippen molar-refractivity contribution in [2.75, 3.05) is 24.2 Å². The Morgan fingerprint density at radius 3 is 3.00 bits per heavy atom. The first-order valence-corrected chi connectivity index (χ1v) is 7.92. The van der Waals surface area contributed by atoms with Gasteiger partial charge in [0.1, 0.15) is 12.4 Å². The monoisotopic (exact) mass is 340 g/mol. The lowest BCUT2D eigenvalue weighted by Crippen LogP contribution is -2.09. The molecule has 128 valence electrons. The summed E-state index contributed by atoms with van der Waals surface area (Å²) in [7, 11) is 0. The normalized spacial score (nSPS) is 15.4. The molecule has 4 bridgehead atoms. The molecule has 25 heavy (non-hydrogen) atoms. The highest BCUT2D eigenvalue weighted by atomic mass is 19.1. The van der Waals surface area contributed by atoms with Gasteiger partial charge >= 0.3 is 0 Å². The molecule has 0 atom stereocenters. The van der Waals surface area contributed by atoms with Gasteiger partial charge in [-0.05, 0) is 30.7 Å². The molecular weight excluding hydrogens is 323 g/mol. The fraction of sp³-hybridized carbons (Fsp3) is 0.235. The minimum absolute atomic E-state index is 0.226. The largest absolute Gasteiger partial charge is 0.486 e. The quantitative estimate of drug-likeness (QED) is 0.610. The van der Waals surface area contributed by atoms with E-state index < -0.39 is 0 Å². The number of aryl methyl sites for hydroxylation is 1. The molecule has 0 amide bonds. The molecule has 0 saturated carbocycles. The fourth-order valence-corrected chi connectivity index (χ4v) is 2.78. The third-order valence-electron chi connectivity index (χ3n) is 4.03. The van der Waals surface area contributed by atoms with Crippen LogP contribution in [0, 0.1) is 12.7 Å². The van der Waals surface area contributed by atoms with E-state index in [0.29, 0.717) is 36.0 Å². The van der Waals surface area contributed by atoms with Crippen molar-refractivity contribution in [1.82, 2.24) is 19.5 Å². The summed E-state index contributed by atoms with van der Waals surface area (Å²) in [5.74, 6) is 1.36. The van der Waals surface area contributed by atoms with Crippen LogP contribution < -0.4 is 15.8 Å². The van der Waals surface area contributed by atoms with Crippen molar-refractivity contribution >= 4 is 22.9 Å². The Morgan fingerprint density at radius 1 is 1.24 bits per heavy atom. The lowest BCUT2D eigenvalue weighted by molar-refractivity contribution is 0.341. The van der Waals surface area contributed by atoms with Crippen LogP contribution in [-0.2, 0) is 6.54 Å². The van der Waals surface area contributed by atoms with Gasteiger partial charge in [-0.15, -0.1) is 0 Å². The van der Waals surface area contributed by atoms with E-state index in [2.05, 4.69) is 20.3 Å². The molecule has 8 heteroatoms. The zero-order valence-electron chi connectivity index (χ0n) is 13.7. The van der Waals surface area contributed by atoms with Crippen LogP contribution in [0.2, 0.25) is 0 Å². The van der Waals surface area contributed by atoms with Crippen LogP contribution in [0.3, 0.4) is 0 Å². The van der Waals surface area contributed by atoms with E-state index in [0.717, 1.165) is 11.4 Å². The van der Waals surface area contributed by atoms with Crippen molar-refractivity contribution in [2.45, 2.75) is 13.5 Å². The molecule has 1 aromatic carbocycles. The van der Waals surface area contributed by atoms with E-state index in [1.807, 2.05) is 17.6 Å². The van der Waals surface area contributed by atoms with Crippen LogP contribution in [-0.4, -0.2) is 32.7 Å². The van der Waals surface area contributed by atoms with E-state index >= 15 is 0 Å². The summed E-state index contributed by atoms with van der Waals surface area (Å²) < 4.78 is 21.4. The van der Waals surface area contributed by atoms with Gasteiger partial charge in [0.25, 0.3) is 0 Å². The van der Waals surface area contributed by atoms with Gasteiger partial charge in [0, 0.05) is 6.54 Å². The Kier molecular flexibility index (Phi) is 3.72. The van der Waals surface area contributed by atoms with Crippen LogP contribution in [0.1, 0.15) is 11.4 Å². The first-order chi connectivity index (χ1) is 12.1. The van der Waals surface area contributed by atoms with Crippen LogP contribution in [0.5, 0.6) is 5.75 Å². The number of imidazole rings is 1. The molecule has 3 heterocycles. The summed E-state index contributed by atoms with van der Waals surface area (Å²) in [5, 5.41) is 3.09. The van der Waals surface area contributed by atoms with E-state index in [1.165, 1.54) is 6.07 Å². The summed E-state index contributed by atoms with van der Waals surface area (Å²) in [6, 6.07) is 4.83. The molecule has 7 nitrogen and oxygen atoms in total. The highest BCUT2D eigenvalue weighted by molar-refractivity contribution is 5.83. The van der Waals surface area contributed by atoms with Crippen LogP contribution >= 0.6 is 0 Å². The number of nitrogens with zero attached hydrogens (tertiary/aromatic N) is 4. The Morgan fingerprint density at radius 2 is 2.12 bits per heavy atom. The second-order valence-corrected chi connectivity index (χ2v) is 5.78. The van der Waals surface area contributed by atoms with Gasteiger partial charge in [0.2, 0.25) is 5.95 Å². The molecule has 3 aromatic rings. The molecule has 3 N–H and O–H groups in total. The fourth-order valence-electron chi connectivity index (χ4n) is 2.78. The second kappa shape index (κ2) is 6.04. The smallest absolute Gasteiger partial charge is 0.227 e. The van der Waals surface area contributed by atoms with Crippen molar-refractivity contribution in [3.8, 4) is 5.75 Å². The molecule has 0 radical (unpaired) electrons. The zero-order valence-corrected chi connectivity index (χ0v) is 13.7. The molecule has 4 rings (SSSR count). The van der Waals surface area contributed by atoms with Crippen molar-refractivity contribution in [2.24, 2.45) is 0 Å². The number of aromatic nitrogens is 4. The SMILES string of the molecule is Cc1nc2c(N)nc3nc2n1Cc1ccc(F)c(c1)OC/C=C/CN3. The van der Waals surface area contributed by atoms with Crippen LogP contribution in [0.25, 0.3) is 11.2 Å².